The number of hydrogen-bond acceptors (Lipinski definition) is 6. The Balaban J connectivity index is 2.23. The second kappa shape index (κ2) is 6.64. The average Bonchev–Trinajstić information content (AvgIpc) is 2.84. The number of nitrogens with zero attached hydrogens (tertiary/aromatic N) is 4. The van der Waals surface area contributed by atoms with Crippen molar-refractivity contribution in [2.45, 2.75) is 46.3 Å². The highest BCUT2D eigenvalue weighted by atomic mass is 35.5. The van der Waals surface area contributed by atoms with E-state index in [0.29, 0.717) is 29.9 Å². The van der Waals surface area contributed by atoms with Crippen LogP contribution >= 0.6 is 11.6 Å². The second-order valence-electron chi connectivity index (χ2n) is 6.27. The minimum Gasteiger partial charge on any atom is -0.424 e. The van der Waals surface area contributed by atoms with Crippen molar-refractivity contribution in [2.24, 2.45) is 0 Å². The second-order valence-corrected chi connectivity index (χ2v) is 6.68. The van der Waals surface area contributed by atoms with Gasteiger partial charge in [-0.05, 0) is 32.4 Å². The highest BCUT2D eigenvalue weighted by molar-refractivity contribution is 6.31. The summed E-state index contributed by atoms with van der Waals surface area (Å²) in [5.74, 6) is 1.04. The molecule has 0 aliphatic carbocycles. The van der Waals surface area contributed by atoms with Gasteiger partial charge in [-0.25, -0.2) is 0 Å². The van der Waals surface area contributed by atoms with E-state index in [2.05, 4.69) is 35.9 Å². The van der Waals surface area contributed by atoms with Gasteiger partial charge in [0.05, 0.1) is 16.5 Å². The zero-order chi connectivity index (χ0) is 17.2. The molecule has 0 bridgehead atoms. The van der Waals surface area contributed by atoms with Gasteiger partial charge in [0.1, 0.15) is 0 Å². The molecule has 0 saturated carbocycles. The summed E-state index contributed by atoms with van der Waals surface area (Å²) in [4.78, 5) is 12.5. The van der Waals surface area contributed by atoms with E-state index in [1.165, 1.54) is 12.1 Å². The van der Waals surface area contributed by atoms with Crippen LogP contribution in [0.1, 0.15) is 38.1 Å². The molecule has 0 fully saturated rings. The first-order valence-electron chi connectivity index (χ1n) is 7.13. The lowest BCUT2D eigenvalue weighted by Crippen LogP contribution is -2.40. The summed E-state index contributed by atoms with van der Waals surface area (Å²) >= 11 is 6.19. The number of aryl methyl sites for hydroxylation is 1. The Hall–Kier alpha value is -1.99. The number of benzene rings is 1. The maximum absolute atomic E-state index is 10.8. The van der Waals surface area contributed by atoms with Crippen molar-refractivity contribution in [3.63, 3.8) is 0 Å². The summed E-state index contributed by atoms with van der Waals surface area (Å²) in [7, 11) is 0. The first-order chi connectivity index (χ1) is 10.7. The molecule has 124 valence electrons. The predicted molar refractivity (Wildman–Crippen MR) is 86.1 cm³/mol. The molecule has 1 heterocycles. The fourth-order valence-corrected chi connectivity index (χ4v) is 2.31. The Morgan fingerprint density at radius 1 is 1.30 bits per heavy atom. The summed E-state index contributed by atoms with van der Waals surface area (Å²) in [6.07, 6.45) is 0. The van der Waals surface area contributed by atoms with Crippen LogP contribution in [0.5, 0.6) is 0 Å². The predicted octanol–water partition coefficient (Wildman–Crippen LogP) is 3.74. The molecule has 0 amide bonds. The molecule has 0 radical (unpaired) electrons. The lowest BCUT2D eigenvalue weighted by atomic mass is 10.0. The number of hydrogen-bond donors (Lipinski definition) is 0. The number of nitro groups is 1. The Morgan fingerprint density at radius 3 is 2.48 bits per heavy atom. The van der Waals surface area contributed by atoms with Crippen molar-refractivity contribution in [2.75, 3.05) is 0 Å². The maximum Gasteiger partial charge on any atom is 0.270 e. The Morgan fingerprint density at radius 2 is 2.00 bits per heavy atom. The van der Waals surface area contributed by atoms with Gasteiger partial charge in [-0.3, -0.25) is 15.0 Å². The topological polar surface area (TPSA) is 85.3 Å². The van der Waals surface area contributed by atoms with Crippen LogP contribution in [0.3, 0.4) is 0 Å². The number of aromatic nitrogens is 2. The van der Waals surface area contributed by atoms with Crippen molar-refractivity contribution in [3.8, 4) is 0 Å². The van der Waals surface area contributed by atoms with Crippen LogP contribution in [0.4, 0.5) is 5.69 Å². The van der Waals surface area contributed by atoms with E-state index in [1.807, 2.05) is 0 Å². The molecule has 0 aliphatic heterocycles. The molecule has 0 atom stereocenters. The van der Waals surface area contributed by atoms with Gasteiger partial charge in [0, 0.05) is 31.1 Å². The van der Waals surface area contributed by atoms with Crippen LogP contribution in [0.25, 0.3) is 0 Å². The van der Waals surface area contributed by atoms with Crippen molar-refractivity contribution in [1.29, 1.82) is 0 Å². The van der Waals surface area contributed by atoms with E-state index in [-0.39, 0.29) is 11.2 Å². The largest absolute Gasteiger partial charge is 0.424 e. The lowest BCUT2D eigenvalue weighted by Gasteiger charge is -2.34. The van der Waals surface area contributed by atoms with Gasteiger partial charge in [0.15, 0.2) is 0 Å². The van der Waals surface area contributed by atoms with Crippen molar-refractivity contribution in [3.05, 3.63) is 50.7 Å². The number of nitro benzene ring substituents is 1. The molecule has 0 N–H and O–H groups in total. The molecule has 0 unspecified atom stereocenters. The first kappa shape index (κ1) is 17.4. The molecular weight excluding hydrogens is 320 g/mol. The molecule has 8 heteroatoms. The van der Waals surface area contributed by atoms with Crippen LogP contribution < -0.4 is 0 Å². The number of rotatable bonds is 5. The quantitative estimate of drug-likeness (QED) is 0.609. The first-order valence-corrected chi connectivity index (χ1v) is 7.51. The standard InChI is InChI=1S/C15H19ClN4O3/c1-10-17-18-14(23-10)9-19(15(2,3)4)8-11-5-6-12(20(21)22)7-13(11)16/h5-7H,8-9H2,1-4H3. The molecule has 7 nitrogen and oxygen atoms in total. The van der Waals surface area contributed by atoms with Gasteiger partial charge in [-0.15, -0.1) is 10.2 Å². The maximum atomic E-state index is 10.8. The van der Waals surface area contributed by atoms with Gasteiger partial charge in [-0.2, -0.15) is 0 Å². The van der Waals surface area contributed by atoms with Crippen LogP contribution in [0.15, 0.2) is 22.6 Å². The van der Waals surface area contributed by atoms with Crippen molar-refractivity contribution >= 4 is 17.3 Å². The molecular formula is C15H19ClN4O3. The summed E-state index contributed by atoms with van der Waals surface area (Å²) in [5.41, 5.74) is 0.616. The van der Waals surface area contributed by atoms with Crippen molar-refractivity contribution in [1.82, 2.24) is 15.1 Å². The van der Waals surface area contributed by atoms with Crippen LogP contribution in [0, 0.1) is 17.0 Å². The van der Waals surface area contributed by atoms with E-state index in [0.717, 1.165) is 5.56 Å². The third-order valence-electron chi connectivity index (χ3n) is 3.45. The Labute approximate surface area is 139 Å². The Bertz CT molecular complexity index is 709. The molecule has 2 rings (SSSR count). The number of halogens is 1. The van der Waals surface area contributed by atoms with E-state index >= 15 is 0 Å². The normalized spacial score (nSPS) is 11.9. The van der Waals surface area contributed by atoms with Crippen LogP contribution in [-0.4, -0.2) is 25.6 Å². The van der Waals surface area contributed by atoms with Crippen LogP contribution in [0.2, 0.25) is 5.02 Å². The van der Waals surface area contributed by atoms with E-state index in [9.17, 15) is 10.1 Å². The van der Waals surface area contributed by atoms with Crippen LogP contribution in [-0.2, 0) is 13.1 Å². The zero-order valence-electron chi connectivity index (χ0n) is 13.5. The zero-order valence-corrected chi connectivity index (χ0v) is 14.3. The fraction of sp³-hybridized carbons (Fsp3) is 0.467. The van der Waals surface area contributed by atoms with Gasteiger partial charge < -0.3 is 4.42 Å². The van der Waals surface area contributed by atoms with Gasteiger partial charge in [-0.1, -0.05) is 11.6 Å². The molecule has 0 spiro atoms. The SMILES string of the molecule is Cc1nnc(CN(Cc2ccc([N+](=O)[O-])cc2Cl)C(C)(C)C)o1. The molecule has 1 aromatic carbocycles. The van der Waals surface area contributed by atoms with Gasteiger partial charge in [0.25, 0.3) is 5.69 Å². The summed E-state index contributed by atoms with van der Waals surface area (Å²) in [6.45, 7) is 8.92. The van der Waals surface area contributed by atoms with E-state index < -0.39 is 4.92 Å². The summed E-state index contributed by atoms with van der Waals surface area (Å²) in [6, 6.07) is 4.51. The number of non-ortho nitro benzene ring substituents is 1. The monoisotopic (exact) mass is 338 g/mol. The Kier molecular flexibility index (Phi) is 5.01. The molecule has 1 aromatic heterocycles. The van der Waals surface area contributed by atoms with Crippen molar-refractivity contribution < 1.29 is 9.34 Å². The highest BCUT2D eigenvalue weighted by Gasteiger charge is 2.25. The van der Waals surface area contributed by atoms with E-state index in [4.69, 9.17) is 16.0 Å². The lowest BCUT2D eigenvalue weighted by molar-refractivity contribution is -0.384. The summed E-state index contributed by atoms with van der Waals surface area (Å²) in [5, 5.41) is 19.0. The third kappa shape index (κ3) is 4.49. The van der Waals surface area contributed by atoms with Gasteiger partial charge in [0.2, 0.25) is 11.8 Å². The van der Waals surface area contributed by atoms with E-state index in [1.54, 1.807) is 13.0 Å². The summed E-state index contributed by atoms with van der Waals surface area (Å²) < 4.78 is 5.44. The molecule has 0 aliphatic rings. The van der Waals surface area contributed by atoms with Gasteiger partial charge >= 0.3 is 0 Å². The minimum absolute atomic E-state index is 0.0198. The molecule has 23 heavy (non-hydrogen) atoms. The molecule has 0 saturated heterocycles. The average molecular weight is 339 g/mol. The fourth-order valence-electron chi connectivity index (χ4n) is 2.08. The third-order valence-corrected chi connectivity index (χ3v) is 3.80. The highest BCUT2D eigenvalue weighted by Crippen LogP contribution is 2.27. The minimum atomic E-state index is -0.460. The smallest absolute Gasteiger partial charge is 0.270 e. The molecule has 2 aromatic rings.